The molecule has 0 aliphatic carbocycles. The molecule has 0 fully saturated rings. The normalized spacial score (nSPS) is 13.7. The number of hydrogen-bond donors (Lipinski definition) is 1. The lowest BCUT2D eigenvalue weighted by molar-refractivity contribution is 0.181. The Morgan fingerprint density at radius 1 is 1.06 bits per heavy atom. The zero-order valence-electron chi connectivity index (χ0n) is 18.9. The van der Waals surface area contributed by atoms with E-state index in [2.05, 4.69) is 72.4 Å². The van der Waals surface area contributed by atoms with Crippen molar-refractivity contribution < 1.29 is 4.74 Å². The number of ether oxygens (including phenoxy) is 1. The fraction of sp³-hybridized carbons (Fsp3) is 0.400. The van der Waals surface area contributed by atoms with E-state index in [4.69, 9.17) is 14.7 Å². The van der Waals surface area contributed by atoms with E-state index in [1.165, 1.54) is 11.1 Å². The summed E-state index contributed by atoms with van der Waals surface area (Å²) in [7, 11) is 1.68. The summed E-state index contributed by atoms with van der Waals surface area (Å²) < 4.78 is 5.27. The number of aromatic nitrogens is 3. The van der Waals surface area contributed by atoms with Crippen molar-refractivity contribution in [3.8, 4) is 0 Å². The van der Waals surface area contributed by atoms with Gasteiger partial charge in [-0.25, -0.2) is 15.0 Å². The third-order valence-electron chi connectivity index (χ3n) is 5.48. The van der Waals surface area contributed by atoms with E-state index in [0.29, 0.717) is 13.2 Å². The number of pyridine rings is 1. The maximum Gasteiger partial charge on any atom is 0.136 e. The molecule has 4 rings (SSSR count). The Kier molecular flexibility index (Phi) is 6.18. The third-order valence-corrected chi connectivity index (χ3v) is 5.48. The second-order valence-corrected chi connectivity index (χ2v) is 9.07. The quantitative estimate of drug-likeness (QED) is 0.638. The molecule has 3 aromatic rings. The number of methoxy groups -OCH3 is 1. The van der Waals surface area contributed by atoms with Crippen molar-refractivity contribution in [1.82, 2.24) is 15.0 Å². The van der Waals surface area contributed by atoms with Gasteiger partial charge in [0.2, 0.25) is 0 Å². The lowest BCUT2D eigenvalue weighted by atomic mass is 9.95. The van der Waals surface area contributed by atoms with Crippen LogP contribution >= 0.6 is 0 Å². The first-order chi connectivity index (χ1) is 14.9. The van der Waals surface area contributed by atoms with Crippen LogP contribution in [0.5, 0.6) is 0 Å². The van der Waals surface area contributed by atoms with Crippen LogP contribution in [-0.4, -0.2) is 28.6 Å². The number of fused-ring (bicyclic) bond motifs is 1. The summed E-state index contributed by atoms with van der Waals surface area (Å²) in [6.07, 6.45) is 3.01. The number of rotatable bonds is 6. The van der Waals surface area contributed by atoms with Crippen LogP contribution in [-0.2, 0) is 36.3 Å². The highest BCUT2D eigenvalue weighted by atomic mass is 16.5. The van der Waals surface area contributed by atoms with Crippen molar-refractivity contribution >= 4 is 11.6 Å². The first-order valence-electron chi connectivity index (χ1n) is 10.8. The van der Waals surface area contributed by atoms with Crippen molar-refractivity contribution in [2.75, 3.05) is 23.9 Å². The van der Waals surface area contributed by atoms with E-state index in [1.54, 1.807) is 7.11 Å². The molecule has 0 atom stereocenters. The van der Waals surface area contributed by atoms with E-state index in [-0.39, 0.29) is 5.41 Å². The lowest BCUT2D eigenvalue weighted by Crippen LogP contribution is -2.30. The van der Waals surface area contributed by atoms with Crippen molar-refractivity contribution in [2.45, 2.75) is 52.3 Å². The molecule has 0 saturated heterocycles. The van der Waals surface area contributed by atoms with Crippen LogP contribution in [0.3, 0.4) is 0 Å². The molecule has 0 spiro atoms. The lowest BCUT2D eigenvalue weighted by Gasteiger charge is -2.29. The van der Waals surface area contributed by atoms with E-state index < -0.39 is 0 Å². The smallest absolute Gasteiger partial charge is 0.136 e. The molecule has 0 amide bonds. The first-order valence-corrected chi connectivity index (χ1v) is 10.8. The van der Waals surface area contributed by atoms with Gasteiger partial charge in [-0.05, 0) is 29.2 Å². The fourth-order valence-corrected chi connectivity index (χ4v) is 3.74. The van der Waals surface area contributed by atoms with Gasteiger partial charge in [0, 0.05) is 44.4 Å². The monoisotopic (exact) mass is 417 g/mol. The van der Waals surface area contributed by atoms with Crippen LogP contribution < -0.4 is 10.2 Å². The zero-order chi connectivity index (χ0) is 21.8. The predicted molar refractivity (Wildman–Crippen MR) is 124 cm³/mol. The highest BCUT2D eigenvalue weighted by Crippen LogP contribution is 2.24. The number of benzene rings is 1. The Labute approximate surface area is 184 Å². The molecule has 162 valence electrons. The van der Waals surface area contributed by atoms with Gasteiger partial charge in [-0.3, -0.25) is 0 Å². The van der Waals surface area contributed by atoms with Gasteiger partial charge in [0.05, 0.1) is 12.3 Å². The second kappa shape index (κ2) is 9.02. The standard InChI is InChI=1S/C25H31N5O/c1-25(2,3)24-28-21(17-31-4)13-22(29-24)26-14-18-9-10-23(27-15-18)30-12-11-19-7-5-6-8-20(19)16-30/h5-10,13,15H,11-12,14,16-17H2,1-4H3,(H,26,28,29). The molecule has 1 N–H and O–H groups in total. The Morgan fingerprint density at radius 3 is 2.58 bits per heavy atom. The summed E-state index contributed by atoms with van der Waals surface area (Å²) in [6, 6.07) is 14.9. The van der Waals surface area contributed by atoms with E-state index in [1.807, 2.05) is 12.3 Å². The SMILES string of the molecule is COCc1cc(NCc2ccc(N3CCc4ccccc4C3)nc2)nc(C(C)(C)C)n1. The predicted octanol–water partition coefficient (Wildman–Crippen LogP) is 4.49. The summed E-state index contributed by atoms with van der Waals surface area (Å²) in [6.45, 7) is 9.39. The number of nitrogens with zero attached hydrogens (tertiary/aromatic N) is 4. The van der Waals surface area contributed by atoms with Crippen LogP contribution in [0.2, 0.25) is 0 Å². The Morgan fingerprint density at radius 2 is 1.87 bits per heavy atom. The summed E-state index contributed by atoms with van der Waals surface area (Å²) >= 11 is 0. The van der Waals surface area contributed by atoms with E-state index in [9.17, 15) is 0 Å². The molecule has 1 aliphatic rings. The summed E-state index contributed by atoms with van der Waals surface area (Å²) in [4.78, 5) is 16.4. The van der Waals surface area contributed by atoms with Crippen molar-refractivity contribution in [1.29, 1.82) is 0 Å². The zero-order valence-corrected chi connectivity index (χ0v) is 18.9. The number of anilines is 2. The maximum atomic E-state index is 5.27. The average molecular weight is 418 g/mol. The Bertz CT molecular complexity index is 1030. The molecule has 1 aromatic carbocycles. The Balaban J connectivity index is 1.43. The van der Waals surface area contributed by atoms with Crippen molar-refractivity contribution in [3.63, 3.8) is 0 Å². The molecule has 0 bridgehead atoms. The molecule has 0 radical (unpaired) electrons. The van der Waals surface area contributed by atoms with Gasteiger partial charge in [0.15, 0.2) is 0 Å². The third kappa shape index (κ3) is 5.20. The number of nitrogens with one attached hydrogen (secondary N) is 1. The van der Waals surface area contributed by atoms with Gasteiger partial charge < -0.3 is 15.0 Å². The van der Waals surface area contributed by atoms with Gasteiger partial charge in [0.1, 0.15) is 17.5 Å². The van der Waals surface area contributed by atoms with Gasteiger partial charge in [-0.2, -0.15) is 0 Å². The molecule has 0 unspecified atom stereocenters. The average Bonchev–Trinajstić information content (AvgIpc) is 2.77. The van der Waals surface area contributed by atoms with E-state index in [0.717, 1.165) is 48.2 Å². The fourth-order valence-electron chi connectivity index (χ4n) is 3.74. The molecule has 31 heavy (non-hydrogen) atoms. The highest BCUT2D eigenvalue weighted by Gasteiger charge is 2.19. The summed E-state index contributed by atoms with van der Waals surface area (Å²) in [5.74, 6) is 2.64. The van der Waals surface area contributed by atoms with E-state index >= 15 is 0 Å². The van der Waals surface area contributed by atoms with Crippen LogP contribution in [0.25, 0.3) is 0 Å². The first kappa shape index (κ1) is 21.2. The van der Waals surface area contributed by atoms with Crippen molar-refractivity contribution in [3.05, 3.63) is 76.9 Å². The van der Waals surface area contributed by atoms with Crippen molar-refractivity contribution in [2.24, 2.45) is 0 Å². The van der Waals surface area contributed by atoms with Crippen LogP contribution in [0.4, 0.5) is 11.6 Å². The molecule has 2 aromatic heterocycles. The Hall–Kier alpha value is -2.99. The van der Waals surface area contributed by atoms with Crippen LogP contribution in [0.1, 0.15) is 49.0 Å². The molecular formula is C25H31N5O. The molecule has 1 aliphatic heterocycles. The molecular weight excluding hydrogens is 386 g/mol. The largest absolute Gasteiger partial charge is 0.378 e. The van der Waals surface area contributed by atoms with Gasteiger partial charge >= 0.3 is 0 Å². The number of hydrogen-bond acceptors (Lipinski definition) is 6. The minimum Gasteiger partial charge on any atom is -0.378 e. The summed E-state index contributed by atoms with van der Waals surface area (Å²) in [5.41, 5.74) is 4.71. The minimum absolute atomic E-state index is 0.129. The van der Waals surface area contributed by atoms with Gasteiger partial charge in [-0.15, -0.1) is 0 Å². The minimum atomic E-state index is -0.129. The molecule has 0 saturated carbocycles. The van der Waals surface area contributed by atoms with Crippen LogP contribution in [0, 0.1) is 0 Å². The van der Waals surface area contributed by atoms with Crippen LogP contribution in [0.15, 0.2) is 48.7 Å². The molecule has 6 heteroatoms. The second-order valence-electron chi connectivity index (χ2n) is 9.07. The van der Waals surface area contributed by atoms with Gasteiger partial charge in [0.25, 0.3) is 0 Å². The molecule has 6 nitrogen and oxygen atoms in total. The van der Waals surface area contributed by atoms with Gasteiger partial charge in [-0.1, -0.05) is 51.1 Å². The summed E-state index contributed by atoms with van der Waals surface area (Å²) in [5, 5.41) is 3.42. The maximum absolute atomic E-state index is 5.27. The molecule has 3 heterocycles. The topological polar surface area (TPSA) is 63.2 Å². The highest BCUT2D eigenvalue weighted by molar-refractivity contribution is 5.45.